The van der Waals surface area contributed by atoms with Gasteiger partial charge in [-0.2, -0.15) is 0 Å². The molecule has 0 unspecified atom stereocenters. The van der Waals surface area contributed by atoms with Gasteiger partial charge in [0.15, 0.2) is 5.96 Å². The molecule has 0 aromatic carbocycles. The number of nitrogens with zero attached hydrogens (tertiary/aromatic N) is 2. The first-order valence-electron chi connectivity index (χ1n) is 12.7. The first-order valence-corrected chi connectivity index (χ1v) is 15.1. The maximum Gasteiger partial charge on any atom is 0.305 e. The van der Waals surface area contributed by atoms with Crippen molar-refractivity contribution >= 4 is 69.0 Å². The molecule has 1 saturated heterocycles. The number of nitrogens with one attached hydrogen (secondary N) is 4. The lowest BCUT2D eigenvalue weighted by Gasteiger charge is -2.33. The SMILES string of the molecule is CC(=O)N[C@H]1CSSC(C)(C)[C@@H](C(N)=O)NC(=O)[C@H](CC(=O)O)NC(=O)CN(C)C(=O)[C@H](CCCN=C(N)N)NC1=O. The van der Waals surface area contributed by atoms with E-state index in [1.165, 1.54) is 14.0 Å². The zero-order chi connectivity index (χ0) is 32.2. The van der Waals surface area contributed by atoms with E-state index >= 15 is 0 Å². The Bertz CT molecular complexity index is 1080. The summed E-state index contributed by atoms with van der Waals surface area (Å²) < 4.78 is -1.10. The lowest BCUT2D eigenvalue weighted by Crippen LogP contribution is -2.59. The third kappa shape index (κ3) is 12.4. The van der Waals surface area contributed by atoms with Gasteiger partial charge in [-0.3, -0.25) is 38.6 Å². The first kappa shape index (κ1) is 36.3. The molecule has 4 atom stereocenters. The monoisotopic (exact) mass is 633 g/mol. The van der Waals surface area contributed by atoms with Crippen LogP contribution in [0.1, 0.15) is 40.0 Å². The average molecular weight is 634 g/mol. The number of rotatable bonds is 8. The van der Waals surface area contributed by atoms with E-state index in [9.17, 15) is 38.7 Å². The molecule has 0 bridgehead atoms. The summed E-state index contributed by atoms with van der Waals surface area (Å²) in [4.78, 5) is 92.8. The van der Waals surface area contributed by atoms with Gasteiger partial charge in [-0.1, -0.05) is 21.6 Å². The second-order valence-electron chi connectivity index (χ2n) is 9.99. The number of hydrogen-bond acceptors (Lipinski definition) is 10. The molecule has 1 fully saturated rings. The number of carboxylic acid groups (broad SMARTS) is 1. The van der Waals surface area contributed by atoms with Gasteiger partial charge < -0.3 is 48.5 Å². The molecular formula is C23H39N9O8S2. The molecule has 1 heterocycles. The Labute approximate surface area is 250 Å². The summed E-state index contributed by atoms with van der Waals surface area (Å²) >= 11 is 0. The minimum atomic E-state index is -1.59. The number of carbonyl (C=O) groups is 7. The molecule has 11 N–H and O–H groups in total. The minimum Gasteiger partial charge on any atom is -0.481 e. The standard InChI is InChI=1S/C23H39N9O8S2/c1-11(33)28-14-10-41-42-23(2,3)17(18(24)37)31-19(38)13(8-16(35)36)29-15(34)9-32(4)21(40)12(30-20(14)39)6-5-7-27-22(25)26/h12-14,17H,5-10H2,1-4H3,(H2,24,37)(H,28,33)(H,29,34)(H,30,39)(H,31,38)(H,35,36)(H4,25,26,27)/t12-,13-,14-,17+/m0/s1. The highest BCUT2D eigenvalue weighted by Gasteiger charge is 2.39. The van der Waals surface area contributed by atoms with E-state index in [2.05, 4.69) is 26.3 Å². The number of carbonyl (C=O) groups excluding carboxylic acids is 6. The van der Waals surface area contributed by atoms with E-state index < -0.39 is 83.3 Å². The highest BCUT2D eigenvalue weighted by molar-refractivity contribution is 8.77. The number of primary amides is 1. The molecule has 236 valence electrons. The number of aliphatic carboxylic acids is 1. The van der Waals surface area contributed by atoms with Gasteiger partial charge in [-0.15, -0.1) is 0 Å². The van der Waals surface area contributed by atoms with Crippen LogP contribution in [0.5, 0.6) is 0 Å². The number of guanidine groups is 1. The fourth-order valence-electron chi connectivity index (χ4n) is 3.78. The Kier molecular flexibility index (Phi) is 14.4. The summed E-state index contributed by atoms with van der Waals surface area (Å²) in [5.74, 6) is -6.22. The number of hydrogen-bond donors (Lipinski definition) is 8. The molecule has 0 aromatic heterocycles. The van der Waals surface area contributed by atoms with Crippen LogP contribution < -0.4 is 38.5 Å². The lowest BCUT2D eigenvalue weighted by molar-refractivity contribution is -0.142. The summed E-state index contributed by atoms with van der Waals surface area (Å²) in [5.41, 5.74) is 16.2. The van der Waals surface area contributed by atoms with Gasteiger partial charge in [-0.05, 0) is 26.7 Å². The minimum absolute atomic E-state index is 0.00856. The molecule has 1 aliphatic heterocycles. The summed E-state index contributed by atoms with van der Waals surface area (Å²) in [6.45, 7) is 3.94. The fourth-order valence-corrected chi connectivity index (χ4v) is 6.60. The van der Waals surface area contributed by atoms with Crippen molar-refractivity contribution in [2.45, 2.75) is 68.9 Å². The average Bonchev–Trinajstić information content (AvgIpc) is 2.85. The lowest BCUT2D eigenvalue weighted by atomic mass is 10.0. The molecule has 0 aliphatic carbocycles. The largest absolute Gasteiger partial charge is 0.481 e. The Morgan fingerprint density at radius 2 is 1.71 bits per heavy atom. The van der Waals surface area contributed by atoms with Crippen LogP contribution in [0, 0.1) is 0 Å². The van der Waals surface area contributed by atoms with Crippen LogP contribution in [0.4, 0.5) is 0 Å². The van der Waals surface area contributed by atoms with Crippen molar-refractivity contribution in [1.29, 1.82) is 0 Å². The van der Waals surface area contributed by atoms with Crippen LogP contribution in [-0.4, -0.2) is 112 Å². The van der Waals surface area contributed by atoms with Crippen molar-refractivity contribution in [3.63, 3.8) is 0 Å². The van der Waals surface area contributed by atoms with Gasteiger partial charge in [0.25, 0.3) is 0 Å². The van der Waals surface area contributed by atoms with Gasteiger partial charge >= 0.3 is 5.97 Å². The van der Waals surface area contributed by atoms with Crippen molar-refractivity contribution in [3.8, 4) is 0 Å². The van der Waals surface area contributed by atoms with E-state index in [0.717, 1.165) is 26.5 Å². The first-order chi connectivity index (χ1) is 19.4. The molecule has 19 heteroatoms. The topological polar surface area (TPSA) is 281 Å². The number of likely N-dealkylation sites (N-methyl/N-ethyl adjacent to an activating group) is 1. The van der Waals surface area contributed by atoms with Crippen LogP contribution in [0.2, 0.25) is 0 Å². The van der Waals surface area contributed by atoms with Crippen LogP contribution in [-0.2, 0) is 33.6 Å². The third-order valence-corrected chi connectivity index (χ3v) is 9.12. The van der Waals surface area contributed by atoms with E-state index in [1.807, 2.05) is 0 Å². The zero-order valence-corrected chi connectivity index (χ0v) is 25.4. The maximum atomic E-state index is 13.3. The molecule has 0 radical (unpaired) electrons. The summed E-state index contributed by atoms with van der Waals surface area (Å²) in [5, 5.41) is 19.1. The number of aliphatic imine (C=N–C) groups is 1. The second-order valence-corrected chi connectivity index (χ2v) is 13.0. The number of amides is 6. The molecular weight excluding hydrogens is 594 g/mol. The van der Waals surface area contributed by atoms with Crippen molar-refractivity contribution in [2.24, 2.45) is 22.2 Å². The molecule has 42 heavy (non-hydrogen) atoms. The molecule has 1 aliphatic rings. The quantitative estimate of drug-likeness (QED) is 0.0562. The normalized spacial score (nSPS) is 24.3. The Balaban J connectivity index is 3.46. The van der Waals surface area contributed by atoms with Crippen LogP contribution in [0.15, 0.2) is 4.99 Å². The summed E-state index contributed by atoms with van der Waals surface area (Å²) in [6, 6.07) is -5.17. The Morgan fingerprint density at radius 3 is 2.26 bits per heavy atom. The van der Waals surface area contributed by atoms with Gasteiger partial charge in [0.05, 0.1) is 13.0 Å². The van der Waals surface area contributed by atoms with Crippen molar-refractivity contribution < 1.29 is 38.7 Å². The van der Waals surface area contributed by atoms with Crippen LogP contribution in [0.3, 0.4) is 0 Å². The fraction of sp³-hybridized carbons (Fsp3) is 0.652. The molecule has 0 spiro atoms. The third-order valence-electron chi connectivity index (χ3n) is 5.82. The van der Waals surface area contributed by atoms with E-state index in [0.29, 0.717) is 0 Å². The number of nitrogens with two attached hydrogens (primary N) is 3. The molecule has 6 amide bonds. The highest BCUT2D eigenvalue weighted by atomic mass is 33.1. The summed E-state index contributed by atoms with van der Waals surface area (Å²) in [7, 11) is 3.45. The van der Waals surface area contributed by atoms with Crippen molar-refractivity contribution in [2.75, 3.05) is 25.9 Å². The zero-order valence-electron chi connectivity index (χ0n) is 23.8. The smallest absolute Gasteiger partial charge is 0.305 e. The predicted octanol–water partition coefficient (Wildman–Crippen LogP) is -3.41. The van der Waals surface area contributed by atoms with Gasteiger partial charge in [-0.25, -0.2) is 0 Å². The predicted molar refractivity (Wildman–Crippen MR) is 157 cm³/mol. The van der Waals surface area contributed by atoms with Crippen molar-refractivity contribution in [1.82, 2.24) is 26.2 Å². The Hall–Kier alpha value is -3.74. The van der Waals surface area contributed by atoms with Gasteiger partial charge in [0.1, 0.15) is 24.2 Å². The Morgan fingerprint density at radius 1 is 1.07 bits per heavy atom. The number of carboxylic acids is 1. The van der Waals surface area contributed by atoms with E-state index in [1.54, 1.807) is 13.8 Å². The van der Waals surface area contributed by atoms with E-state index in [4.69, 9.17) is 17.2 Å². The molecule has 17 nitrogen and oxygen atoms in total. The molecule has 0 aromatic rings. The molecule has 1 rings (SSSR count). The highest BCUT2D eigenvalue weighted by Crippen LogP contribution is 2.38. The van der Waals surface area contributed by atoms with Gasteiger partial charge in [0, 0.05) is 31.0 Å². The van der Waals surface area contributed by atoms with Gasteiger partial charge in [0.2, 0.25) is 35.4 Å². The van der Waals surface area contributed by atoms with E-state index in [-0.39, 0.29) is 31.1 Å². The summed E-state index contributed by atoms with van der Waals surface area (Å²) in [6.07, 6.45) is -0.474. The molecule has 0 saturated carbocycles. The van der Waals surface area contributed by atoms with Crippen LogP contribution >= 0.6 is 21.6 Å². The van der Waals surface area contributed by atoms with Crippen LogP contribution in [0.25, 0.3) is 0 Å². The maximum absolute atomic E-state index is 13.3. The van der Waals surface area contributed by atoms with Crippen molar-refractivity contribution in [3.05, 3.63) is 0 Å². The second kappa shape index (κ2) is 16.6.